The van der Waals surface area contributed by atoms with Crippen molar-refractivity contribution >= 4 is 5.91 Å². The molecule has 0 unspecified atom stereocenters. The highest BCUT2D eigenvalue weighted by molar-refractivity contribution is 5.89. The summed E-state index contributed by atoms with van der Waals surface area (Å²) < 4.78 is 5.98. The van der Waals surface area contributed by atoms with Gasteiger partial charge in [-0.3, -0.25) is 4.79 Å². The van der Waals surface area contributed by atoms with E-state index in [1.165, 1.54) is 0 Å². The van der Waals surface area contributed by atoms with E-state index in [0.717, 1.165) is 24.3 Å². The van der Waals surface area contributed by atoms with Gasteiger partial charge in [-0.15, -0.1) is 6.58 Å². The average molecular weight is 312 g/mol. The van der Waals surface area contributed by atoms with Gasteiger partial charge in [-0.05, 0) is 31.4 Å². The number of ether oxygens (including phenoxy) is 1. The van der Waals surface area contributed by atoms with Crippen molar-refractivity contribution in [3.8, 4) is 5.75 Å². The number of piperidine rings is 1. The first-order valence-corrected chi connectivity index (χ1v) is 8.15. The molecule has 23 heavy (non-hydrogen) atoms. The first-order valence-electron chi connectivity index (χ1n) is 8.15. The van der Waals surface area contributed by atoms with Gasteiger partial charge in [-0.1, -0.05) is 36.4 Å². The Morgan fingerprint density at radius 3 is 2.83 bits per heavy atom. The van der Waals surface area contributed by atoms with Crippen molar-refractivity contribution in [3.63, 3.8) is 0 Å². The van der Waals surface area contributed by atoms with Crippen LogP contribution in [0.5, 0.6) is 5.75 Å². The second kappa shape index (κ2) is 6.59. The van der Waals surface area contributed by atoms with E-state index in [1.807, 2.05) is 41.3 Å². The number of hydrogen-bond acceptors (Lipinski definition) is 3. The van der Waals surface area contributed by atoms with Crippen LogP contribution in [0.15, 0.2) is 55.1 Å². The lowest BCUT2D eigenvalue weighted by atomic mass is 9.75. The number of benzene rings is 1. The highest BCUT2D eigenvalue weighted by atomic mass is 16.5. The van der Waals surface area contributed by atoms with E-state index in [9.17, 15) is 4.79 Å². The molecular formula is C19H24N2O2. The van der Waals surface area contributed by atoms with E-state index in [1.54, 1.807) is 0 Å². The Morgan fingerprint density at radius 2 is 2.17 bits per heavy atom. The smallest absolute Gasteiger partial charge is 0.266 e. The third-order valence-corrected chi connectivity index (χ3v) is 4.82. The molecule has 122 valence electrons. The van der Waals surface area contributed by atoms with Gasteiger partial charge in [0.05, 0.1) is 6.04 Å². The number of nitrogens with one attached hydrogen (secondary N) is 1. The standard InChI is InChI=1S/C19H24N2O2/c1-4-11-20-16-15(13(2)3)10-12-21-17(16)18(19(21)22)23-14-8-6-5-7-9-14/h4-9,15-18,20H,1-2,10-12H2,3H3/t15-,16-,17-,18+/m0/s1. The van der Waals surface area contributed by atoms with Crippen LogP contribution in [0, 0.1) is 5.92 Å². The van der Waals surface area contributed by atoms with Gasteiger partial charge >= 0.3 is 0 Å². The average Bonchev–Trinajstić information content (AvgIpc) is 2.57. The summed E-state index contributed by atoms with van der Waals surface area (Å²) in [5.41, 5.74) is 1.16. The number of rotatable bonds is 6. The molecule has 2 aliphatic rings. The van der Waals surface area contributed by atoms with Gasteiger partial charge < -0.3 is 15.0 Å². The van der Waals surface area contributed by atoms with Crippen LogP contribution < -0.4 is 10.1 Å². The fourth-order valence-electron chi connectivity index (χ4n) is 3.68. The SMILES string of the molecule is C=CCN[C@@H]1[C@H]2[C@@H](Oc3ccccc3)C(=O)N2CC[C@H]1C(=C)C. The normalized spacial score (nSPS) is 29.4. The summed E-state index contributed by atoms with van der Waals surface area (Å²) >= 11 is 0. The highest BCUT2D eigenvalue weighted by Gasteiger charge is 2.56. The van der Waals surface area contributed by atoms with Gasteiger partial charge in [0, 0.05) is 19.1 Å². The molecule has 0 bridgehead atoms. The molecule has 2 aliphatic heterocycles. The van der Waals surface area contributed by atoms with Gasteiger partial charge in [-0.2, -0.15) is 0 Å². The van der Waals surface area contributed by atoms with E-state index >= 15 is 0 Å². The van der Waals surface area contributed by atoms with E-state index < -0.39 is 6.10 Å². The molecule has 1 aromatic rings. The topological polar surface area (TPSA) is 41.6 Å². The van der Waals surface area contributed by atoms with Crippen LogP contribution in [-0.4, -0.2) is 42.1 Å². The van der Waals surface area contributed by atoms with Crippen molar-refractivity contribution < 1.29 is 9.53 Å². The first-order chi connectivity index (χ1) is 11.1. The molecule has 1 amide bonds. The van der Waals surface area contributed by atoms with Gasteiger partial charge in [0.1, 0.15) is 5.75 Å². The molecular weight excluding hydrogens is 288 g/mol. The zero-order valence-electron chi connectivity index (χ0n) is 13.6. The van der Waals surface area contributed by atoms with E-state index in [0.29, 0.717) is 12.5 Å². The summed E-state index contributed by atoms with van der Waals surface area (Å²) in [6, 6.07) is 9.77. The Bertz CT molecular complexity index is 599. The predicted octanol–water partition coefficient (Wildman–Crippen LogP) is 2.39. The number of hydrogen-bond donors (Lipinski definition) is 1. The maximum absolute atomic E-state index is 12.4. The number of β-lactam (4-membered cyclic amide) rings is 1. The Morgan fingerprint density at radius 1 is 1.43 bits per heavy atom. The molecule has 1 N–H and O–H groups in total. The fraction of sp³-hybridized carbons (Fsp3) is 0.421. The third-order valence-electron chi connectivity index (χ3n) is 4.82. The summed E-state index contributed by atoms with van der Waals surface area (Å²) in [5.74, 6) is 1.18. The molecule has 4 heteroatoms. The van der Waals surface area contributed by atoms with Crippen molar-refractivity contribution in [3.05, 3.63) is 55.1 Å². The Labute approximate surface area is 137 Å². The van der Waals surface area contributed by atoms with E-state index in [2.05, 4.69) is 25.4 Å². The zero-order valence-corrected chi connectivity index (χ0v) is 13.6. The van der Waals surface area contributed by atoms with E-state index in [4.69, 9.17) is 4.74 Å². The first kappa shape index (κ1) is 15.8. The van der Waals surface area contributed by atoms with Crippen LogP contribution in [0.3, 0.4) is 0 Å². The lowest BCUT2D eigenvalue weighted by molar-refractivity contribution is -0.171. The van der Waals surface area contributed by atoms with Crippen LogP contribution in [0.2, 0.25) is 0 Å². The Balaban J connectivity index is 1.80. The molecule has 0 radical (unpaired) electrons. The minimum Gasteiger partial charge on any atom is -0.478 e. The fourth-order valence-corrected chi connectivity index (χ4v) is 3.68. The molecule has 2 saturated heterocycles. The van der Waals surface area contributed by atoms with Gasteiger partial charge in [-0.25, -0.2) is 0 Å². The summed E-state index contributed by atoms with van der Waals surface area (Å²) in [7, 11) is 0. The maximum Gasteiger partial charge on any atom is 0.266 e. The number of carbonyl (C=O) groups is 1. The Kier molecular flexibility index (Phi) is 4.53. The van der Waals surface area contributed by atoms with Crippen molar-refractivity contribution in [2.24, 2.45) is 5.92 Å². The molecule has 0 aliphatic carbocycles. The highest BCUT2D eigenvalue weighted by Crippen LogP contribution is 2.37. The van der Waals surface area contributed by atoms with Crippen LogP contribution in [0.1, 0.15) is 13.3 Å². The van der Waals surface area contributed by atoms with Crippen molar-refractivity contribution in [2.75, 3.05) is 13.1 Å². The zero-order chi connectivity index (χ0) is 16.4. The van der Waals surface area contributed by atoms with Gasteiger partial charge in [0.15, 0.2) is 6.10 Å². The summed E-state index contributed by atoms with van der Waals surface area (Å²) in [6.07, 6.45) is 2.38. The number of para-hydroxylation sites is 1. The van der Waals surface area contributed by atoms with Gasteiger partial charge in [0.25, 0.3) is 5.91 Å². The molecule has 0 aromatic heterocycles. The Hall–Kier alpha value is -2.07. The van der Waals surface area contributed by atoms with Gasteiger partial charge in [0.2, 0.25) is 0 Å². The molecule has 2 heterocycles. The van der Waals surface area contributed by atoms with Crippen LogP contribution in [-0.2, 0) is 4.79 Å². The second-order valence-electron chi connectivity index (χ2n) is 6.34. The minimum absolute atomic E-state index is 0.0538. The minimum atomic E-state index is -0.415. The van der Waals surface area contributed by atoms with E-state index in [-0.39, 0.29) is 18.0 Å². The predicted molar refractivity (Wildman–Crippen MR) is 91.3 cm³/mol. The lowest BCUT2D eigenvalue weighted by Crippen LogP contribution is -2.76. The maximum atomic E-state index is 12.4. The second-order valence-corrected chi connectivity index (χ2v) is 6.34. The number of carbonyl (C=O) groups excluding carboxylic acids is 1. The van der Waals surface area contributed by atoms with Crippen LogP contribution in [0.4, 0.5) is 0 Å². The van der Waals surface area contributed by atoms with Crippen molar-refractivity contribution in [2.45, 2.75) is 31.5 Å². The summed E-state index contributed by atoms with van der Waals surface area (Å²) in [6.45, 7) is 11.5. The lowest BCUT2D eigenvalue weighted by Gasteiger charge is -2.55. The van der Waals surface area contributed by atoms with Crippen molar-refractivity contribution in [1.29, 1.82) is 0 Å². The van der Waals surface area contributed by atoms with Crippen LogP contribution >= 0.6 is 0 Å². The molecule has 0 saturated carbocycles. The summed E-state index contributed by atoms with van der Waals surface area (Å²) in [5, 5.41) is 3.52. The number of amides is 1. The monoisotopic (exact) mass is 312 g/mol. The number of fused-ring (bicyclic) bond motifs is 1. The molecule has 1 aromatic carbocycles. The van der Waals surface area contributed by atoms with Crippen LogP contribution in [0.25, 0.3) is 0 Å². The molecule has 0 spiro atoms. The quantitative estimate of drug-likeness (QED) is 0.648. The molecule has 4 atom stereocenters. The molecule has 3 rings (SSSR count). The third kappa shape index (κ3) is 2.91. The number of nitrogens with zero attached hydrogens (tertiary/aromatic N) is 1. The van der Waals surface area contributed by atoms with Crippen molar-refractivity contribution in [1.82, 2.24) is 10.2 Å². The summed E-state index contributed by atoms with van der Waals surface area (Å²) in [4.78, 5) is 14.4. The largest absolute Gasteiger partial charge is 0.478 e. The molecule has 4 nitrogen and oxygen atoms in total. The molecule has 2 fully saturated rings.